The zero-order valence-corrected chi connectivity index (χ0v) is 17.4. The second kappa shape index (κ2) is 7.08. The largest absolute Gasteiger partial charge is 0.382 e. The summed E-state index contributed by atoms with van der Waals surface area (Å²) in [6.45, 7) is 0. The summed E-state index contributed by atoms with van der Waals surface area (Å²) in [5.74, 6) is 0.725. The Morgan fingerprint density at radius 2 is 2.00 bits per heavy atom. The van der Waals surface area contributed by atoms with E-state index in [2.05, 4.69) is 20.3 Å². The molecule has 0 radical (unpaired) electrons. The molecule has 32 heavy (non-hydrogen) atoms. The van der Waals surface area contributed by atoms with Gasteiger partial charge in [0.15, 0.2) is 11.5 Å². The Labute approximate surface area is 185 Å². The van der Waals surface area contributed by atoms with Crippen molar-refractivity contribution in [3.05, 3.63) is 66.2 Å². The molecule has 3 fully saturated rings. The molecule has 3 aliphatic rings. The molecule has 0 bridgehead atoms. The van der Waals surface area contributed by atoms with Crippen molar-refractivity contribution in [2.24, 2.45) is 17.6 Å². The number of nitrogen functional groups attached to an aromatic ring is 1. The molecule has 1 aliphatic heterocycles. The Morgan fingerprint density at radius 3 is 2.78 bits per heavy atom. The van der Waals surface area contributed by atoms with Gasteiger partial charge < -0.3 is 21.5 Å². The summed E-state index contributed by atoms with van der Waals surface area (Å²) in [5.41, 5.74) is 15.4. The third-order valence-electron chi connectivity index (χ3n) is 7.16. The van der Waals surface area contributed by atoms with Gasteiger partial charge in [-0.2, -0.15) is 0 Å². The second-order valence-corrected chi connectivity index (χ2v) is 8.98. The van der Waals surface area contributed by atoms with E-state index in [1.807, 2.05) is 36.4 Å². The lowest BCUT2D eigenvalue weighted by molar-refractivity contribution is -0.157. The number of nitrogens with zero attached hydrogens (tertiary/aromatic N) is 3. The maximum atomic E-state index is 13.1. The fourth-order valence-electron chi connectivity index (χ4n) is 5.38. The first-order valence-corrected chi connectivity index (χ1v) is 10.9. The third kappa shape index (κ3) is 2.98. The van der Waals surface area contributed by atoms with E-state index >= 15 is 0 Å². The molecule has 2 saturated carbocycles. The average Bonchev–Trinajstić information content (AvgIpc) is 3.32. The minimum absolute atomic E-state index is 0.0488. The summed E-state index contributed by atoms with van der Waals surface area (Å²) in [6, 6.07) is 11.5. The van der Waals surface area contributed by atoms with Crippen LogP contribution in [0.15, 0.2) is 55.0 Å². The maximum absolute atomic E-state index is 13.1. The van der Waals surface area contributed by atoms with Gasteiger partial charge in [-0.3, -0.25) is 9.78 Å². The van der Waals surface area contributed by atoms with Crippen LogP contribution in [0.5, 0.6) is 0 Å². The molecule has 2 unspecified atom stereocenters. The third-order valence-corrected chi connectivity index (χ3v) is 7.16. The Hall–Kier alpha value is -3.36. The molecule has 1 saturated heterocycles. The zero-order chi connectivity index (χ0) is 21.9. The fourth-order valence-corrected chi connectivity index (χ4v) is 5.38. The minimum atomic E-state index is -0.439. The van der Waals surface area contributed by atoms with Crippen LogP contribution in [-0.4, -0.2) is 32.5 Å². The highest BCUT2D eigenvalue weighted by molar-refractivity contribution is 6.06. The summed E-state index contributed by atoms with van der Waals surface area (Å²) >= 11 is 0. The lowest BCUT2D eigenvalue weighted by Crippen LogP contribution is -2.53. The van der Waals surface area contributed by atoms with E-state index in [1.54, 1.807) is 18.6 Å². The lowest BCUT2D eigenvalue weighted by Gasteiger charge is -2.48. The number of carbonyl (C=O) groups is 1. The van der Waals surface area contributed by atoms with E-state index in [4.69, 9.17) is 16.2 Å². The molecule has 1 spiro atoms. The van der Waals surface area contributed by atoms with E-state index in [-0.39, 0.29) is 29.3 Å². The Balaban J connectivity index is 1.27. The molecular weight excluding hydrogens is 404 g/mol. The van der Waals surface area contributed by atoms with Crippen LogP contribution in [0.3, 0.4) is 0 Å². The van der Waals surface area contributed by atoms with Gasteiger partial charge in [0, 0.05) is 29.3 Å². The number of ether oxygens (including phenoxy) is 1. The normalized spacial score (nSPS) is 29.9. The topological polar surface area (TPSA) is 129 Å². The van der Waals surface area contributed by atoms with Gasteiger partial charge in [0.25, 0.3) is 5.91 Å². The number of rotatable bonds is 4. The molecule has 5 atom stereocenters. The Kier molecular flexibility index (Phi) is 4.28. The van der Waals surface area contributed by atoms with Crippen molar-refractivity contribution >= 4 is 17.4 Å². The molecule has 162 valence electrons. The lowest BCUT2D eigenvalue weighted by atomic mass is 9.72. The van der Waals surface area contributed by atoms with Crippen LogP contribution in [0, 0.1) is 11.8 Å². The van der Waals surface area contributed by atoms with Gasteiger partial charge in [-0.05, 0) is 31.2 Å². The van der Waals surface area contributed by atoms with Gasteiger partial charge in [0.05, 0.1) is 35.5 Å². The van der Waals surface area contributed by atoms with E-state index in [0.29, 0.717) is 23.2 Å². The number of benzene rings is 1. The highest BCUT2D eigenvalue weighted by atomic mass is 16.5. The van der Waals surface area contributed by atoms with Crippen LogP contribution in [0.2, 0.25) is 0 Å². The zero-order valence-electron chi connectivity index (χ0n) is 17.4. The van der Waals surface area contributed by atoms with Crippen LogP contribution in [0.25, 0.3) is 11.3 Å². The number of aromatic nitrogens is 3. The summed E-state index contributed by atoms with van der Waals surface area (Å²) in [7, 11) is 0. The number of anilines is 2. The van der Waals surface area contributed by atoms with Crippen LogP contribution in [0.4, 0.5) is 11.5 Å². The van der Waals surface area contributed by atoms with Crippen LogP contribution >= 0.6 is 0 Å². The van der Waals surface area contributed by atoms with Gasteiger partial charge in [0.2, 0.25) is 0 Å². The van der Waals surface area contributed by atoms with Crippen molar-refractivity contribution in [1.29, 1.82) is 0 Å². The van der Waals surface area contributed by atoms with Gasteiger partial charge in [-0.25, -0.2) is 9.97 Å². The molecule has 1 aromatic carbocycles. The van der Waals surface area contributed by atoms with Gasteiger partial charge in [-0.15, -0.1) is 0 Å². The number of nitrogens with two attached hydrogens (primary N) is 2. The second-order valence-electron chi connectivity index (χ2n) is 8.98. The van der Waals surface area contributed by atoms with E-state index in [9.17, 15) is 4.79 Å². The van der Waals surface area contributed by atoms with Gasteiger partial charge in [-0.1, -0.05) is 30.3 Å². The molecule has 1 amide bonds. The molecule has 8 nitrogen and oxygen atoms in total. The van der Waals surface area contributed by atoms with Crippen LogP contribution in [0.1, 0.15) is 41.4 Å². The predicted octanol–water partition coefficient (Wildman–Crippen LogP) is 2.94. The summed E-state index contributed by atoms with van der Waals surface area (Å²) in [6.07, 6.45) is 7.70. The highest BCUT2D eigenvalue weighted by Crippen LogP contribution is 2.70. The van der Waals surface area contributed by atoms with Crippen LogP contribution < -0.4 is 16.8 Å². The number of hydrogen-bond donors (Lipinski definition) is 3. The first-order valence-electron chi connectivity index (χ1n) is 10.9. The number of nitrogens with one attached hydrogen (secondary N) is 1. The predicted molar refractivity (Wildman–Crippen MR) is 119 cm³/mol. The van der Waals surface area contributed by atoms with Crippen molar-refractivity contribution in [3.8, 4) is 11.3 Å². The van der Waals surface area contributed by atoms with Crippen molar-refractivity contribution < 1.29 is 9.53 Å². The quantitative estimate of drug-likeness (QED) is 0.582. The van der Waals surface area contributed by atoms with Gasteiger partial charge in [0.1, 0.15) is 0 Å². The SMILES string of the molecule is Nc1ncc(-c2ccccc2)nc1C(=O)Nc1cnccc1[C@H]1C[C@H](N)[C@H]2CC3CC32O1. The van der Waals surface area contributed by atoms with Crippen molar-refractivity contribution in [3.63, 3.8) is 0 Å². The molecule has 2 aliphatic carbocycles. The molecule has 6 rings (SSSR count). The van der Waals surface area contributed by atoms with Crippen molar-refractivity contribution in [2.75, 3.05) is 11.1 Å². The number of hydrogen-bond acceptors (Lipinski definition) is 7. The Bertz CT molecular complexity index is 1200. The molecule has 2 aromatic heterocycles. The van der Waals surface area contributed by atoms with Gasteiger partial charge >= 0.3 is 0 Å². The van der Waals surface area contributed by atoms with Crippen molar-refractivity contribution in [2.45, 2.75) is 37.0 Å². The fraction of sp³-hybridized carbons (Fsp3) is 0.333. The maximum Gasteiger partial charge on any atom is 0.278 e. The minimum Gasteiger partial charge on any atom is -0.382 e. The summed E-state index contributed by atoms with van der Waals surface area (Å²) in [4.78, 5) is 26.0. The monoisotopic (exact) mass is 428 g/mol. The Morgan fingerprint density at radius 1 is 1.16 bits per heavy atom. The summed E-state index contributed by atoms with van der Waals surface area (Å²) in [5, 5.41) is 2.92. The first-order chi connectivity index (χ1) is 15.5. The first kappa shape index (κ1) is 19.3. The molecule has 3 aromatic rings. The van der Waals surface area contributed by atoms with E-state index < -0.39 is 5.91 Å². The molecule has 8 heteroatoms. The standard InChI is InChI=1S/C24H24N6O2/c25-17-9-20(32-24-10-14(24)8-16(17)24)15-6-7-27-11-19(15)30-23(31)21-22(26)28-12-18(29-21)13-4-2-1-3-5-13/h1-7,11-12,14,16-17,20H,8-10,25H2,(H2,26,28)(H,30,31)/t14?,16-,17+,20-,24?/m1/s1. The molecule has 5 N–H and O–H groups in total. The highest BCUT2D eigenvalue weighted by Gasteiger charge is 2.72. The summed E-state index contributed by atoms with van der Waals surface area (Å²) < 4.78 is 6.52. The number of carbonyl (C=O) groups excluding carboxylic acids is 1. The van der Waals surface area contributed by atoms with Crippen LogP contribution in [-0.2, 0) is 4.74 Å². The van der Waals surface area contributed by atoms with E-state index in [1.165, 1.54) is 6.42 Å². The molecular formula is C24H24N6O2. The number of pyridine rings is 1. The smallest absolute Gasteiger partial charge is 0.278 e. The number of amides is 1. The average molecular weight is 428 g/mol. The molecule has 3 heterocycles. The van der Waals surface area contributed by atoms with Crippen molar-refractivity contribution in [1.82, 2.24) is 15.0 Å². The van der Waals surface area contributed by atoms with E-state index in [0.717, 1.165) is 24.0 Å².